The van der Waals surface area contributed by atoms with Crippen molar-refractivity contribution in [1.82, 2.24) is 4.98 Å². The van der Waals surface area contributed by atoms with Crippen LogP contribution in [0.3, 0.4) is 0 Å². The van der Waals surface area contributed by atoms with Gasteiger partial charge in [-0.15, -0.1) is 0 Å². The summed E-state index contributed by atoms with van der Waals surface area (Å²) in [6, 6.07) is 4.18. The predicted octanol–water partition coefficient (Wildman–Crippen LogP) is 2.75. The van der Waals surface area contributed by atoms with Crippen LogP contribution in [0.1, 0.15) is 26.7 Å². The Morgan fingerprint density at radius 1 is 1.27 bits per heavy atom. The summed E-state index contributed by atoms with van der Waals surface area (Å²) in [5.41, 5.74) is 1.26. The monoisotopic (exact) mass is 207 g/mol. The summed E-state index contributed by atoms with van der Waals surface area (Å²) in [5, 5.41) is 3.07. The molecule has 84 valence electrons. The Kier molecular flexibility index (Phi) is 4.95. The maximum Gasteiger partial charge on any atom is 0.127 e. The Bertz CT molecular complexity index is 280. The highest BCUT2D eigenvalue weighted by molar-refractivity contribution is 5.53. The molecule has 1 aromatic rings. The van der Waals surface area contributed by atoms with E-state index in [2.05, 4.69) is 41.2 Å². The highest BCUT2D eigenvalue weighted by Crippen LogP contribution is 2.17. The van der Waals surface area contributed by atoms with Gasteiger partial charge in [0.1, 0.15) is 5.82 Å². The molecule has 0 aromatic carbocycles. The van der Waals surface area contributed by atoms with Crippen molar-refractivity contribution in [2.24, 2.45) is 0 Å². The summed E-state index contributed by atoms with van der Waals surface area (Å²) in [7, 11) is 1.90. The number of nitrogens with one attached hydrogen (secondary N) is 1. The molecule has 0 saturated carbocycles. The molecule has 0 atom stereocenters. The SMILES string of the molecule is CCCN(CCC)c1ccnc(NC)c1. The molecule has 1 N–H and O–H groups in total. The maximum absolute atomic E-state index is 4.22. The van der Waals surface area contributed by atoms with Crippen molar-refractivity contribution in [3.8, 4) is 0 Å². The zero-order chi connectivity index (χ0) is 11.1. The average molecular weight is 207 g/mol. The molecule has 0 saturated heterocycles. The van der Waals surface area contributed by atoms with Crippen LogP contribution in [0.5, 0.6) is 0 Å². The summed E-state index contributed by atoms with van der Waals surface area (Å²) >= 11 is 0. The van der Waals surface area contributed by atoms with E-state index >= 15 is 0 Å². The summed E-state index contributed by atoms with van der Waals surface area (Å²) in [6.45, 7) is 6.65. The van der Waals surface area contributed by atoms with Crippen LogP contribution in [0.2, 0.25) is 0 Å². The van der Waals surface area contributed by atoms with Gasteiger partial charge in [-0.1, -0.05) is 13.8 Å². The van der Waals surface area contributed by atoms with Crippen molar-refractivity contribution >= 4 is 11.5 Å². The summed E-state index contributed by atoms with van der Waals surface area (Å²) in [5.74, 6) is 0.935. The molecule has 0 spiro atoms. The van der Waals surface area contributed by atoms with Gasteiger partial charge < -0.3 is 10.2 Å². The Balaban J connectivity index is 2.79. The normalized spacial score (nSPS) is 10.1. The van der Waals surface area contributed by atoms with Crippen LogP contribution in [0.25, 0.3) is 0 Å². The molecule has 3 nitrogen and oxygen atoms in total. The fraction of sp³-hybridized carbons (Fsp3) is 0.583. The first-order chi connectivity index (χ1) is 7.31. The van der Waals surface area contributed by atoms with E-state index in [0.29, 0.717) is 0 Å². The molecule has 1 heterocycles. The summed E-state index contributed by atoms with van der Waals surface area (Å²) < 4.78 is 0. The van der Waals surface area contributed by atoms with Crippen molar-refractivity contribution in [3.63, 3.8) is 0 Å². The van der Waals surface area contributed by atoms with Gasteiger partial charge in [0.05, 0.1) is 0 Å². The molecule has 1 aromatic heterocycles. The Labute approximate surface area is 92.5 Å². The molecule has 0 radical (unpaired) electrons. The molecule has 0 unspecified atom stereocenters. The molecule has 0 aliphatic rings. The molecular weight excluding hydrogens is 186 g/mol. The number of anilines is 2. The quantitative estimate of drug-likeness (QED) is 0.777. The molecule has 0 aliphatic carbocycles. The highest BCUT2D eigenvalue weighted by Gasteiger charge is 2.04. The molecule has 0 amide bonds. The zero-order valence-corrected chi connectivity index (χ0v) is 9.95. The Morgan fingerprint density at radius 3 is 2.47 bits per heavy atom. The first-order valence-corrected chi connectivity index (χ1v) is 5.70. The third-order valence-electron chi connectivity index (χ3n) is 2.35. The summed E-state index contributed by atoms with van der Waals surface area (Å²) in [6.07, 6.45) is 4.22. The molecule has 15 heavy (non-hydrogen) atoms. The lowest BCUT2D eigenvalue weighted by Gasteiger charge is -2.23. The van der Waals surface area contributed by atoms with Crippen molar-refractivity contribution in [1.29, 1.82) is 0 Å². The molecular formula is C12H21N3. The van der Waals surface area contributed by atoms with Crippen molar-refractivity contribution in [2.45, 2.75) is 26.7 Å². The third-order valence-corrected chi connectivity index (χ3v) is 2.35. The van der Waals surface area contributed by atoms with Crippen molar-refractivity contribution < 1.29 is 0 Å². The van der Waals surface area contributed by atoms with Crippen LogP contribution in [-0.4, -0.2) is 25.1 Å². The second-order valence-electron chi connectivity index (χ2n) is 3.64. The minimum atomic E-state index is 0.935. The highest BCUT2D eigenvalue weighted by atomic mass is 15.1. The second-order valence-corrected chi connectivity index (χ2v) is 3.64. The van der Waals surface area contributed by atoms with Gasteiger partial charge in [-0.2, -0.15) is 0 Å². The number of pyridine rings is 1. The van der Waals surface area contributed by atoms with E-state index in [1.165, 1.54) is 18.5 Å². The van der Waals surface area contributed by atoms with E-state index in [-0.39, 0.29) is 0 Å². The van der Waals surface area contributed by atoms with Gasteiger partial charge in [0.25, 0.3) is 0 Å². The van der Waals surface area contributed by atoms with Gasteiger partial charge in [0.2, 0.25) is 0 Å². The third kappa shape index (κ3) is 3.42. The molecule has 3 heteroatoms. The van der Waals surface area contributed by atoms with Crippen LogP contribution in [0.4, 0.5) is 11.5 Å². The van der Waals surface area contributed by atoms with Crippen LogP contribution in [0, 0.1) is 0 Å². The lowest BCUT2D eigenvalue weighted by molar-refractivity contribution is 0.744. The topological polar surface area (TPSA) is 28.2 Å². The number of hydrogen-bond donors (Lipinski definition) is 1. The predicted molar refractivity (Wildman–Crippen MR) is 66.6 cm³/mol. The first-order valence-electron chi connectivity index (χ1n) is 5.70. The number of aromatic nitrogens is 1. The summed E-state index contributed by atoms with van der Waals surface area (Å²) in [4.78, 5) is 6.63. The van der Waals surface area contributed by atoms with Crippen LogP contribution in [-0.2, 0) is 0 Å². The largest absolute Gasteiger partial charge is 0.373 e. The van der Waals surface area contributed by atoms with E-state index in [9.17, 15) is 0 Å². The van der Waals surface area contributed by atoms with Crippen molar-refractivity contribution in [2.75, 3.05) is 30.4 Å². The lowest BCUT2D eigenvalue weighted by Crippen LogP contribution is -2.24. The van der Waals surface area contributed by atoms with Gasteiger partial charge in [-0.25, -0.2) is 4.98 Å². The number of rotatable bonds is 6. The van der Waals surface area contributed by atoms with E-state index in [4.69, 9.17) is 0 Å². The Morgan fingerprint density at radius 2 is 1.93 bits per heavy atom. The molecule has 1 rings (SSSR count). The van der Waals surface area contributed by atoms with Crippen LogP contribution in [0.15, 0.2) is 18.3 Å². The molecule has 0 bridgehead atoms. The van der Waals surface area contributed by atoms with Gasteiger partial charge in [0.15, 0.2) is 0 Å². The van der Waals surface area contributed by atoms with Gasteiger partial charge in [0, 0.05) is 38.1 Å². The van der Waals surface area contributed by atoms with Gasteiger partial charge in [-0.3, -0.25) is 0 Å². The van der Waals surface area contributed by atoms with Gasteiger partial charge in [-0.05, 0) is 18.9 Å². The molecule has 0 aliphatic heterocycles. The fourth-order valence-electron chi connectivity index (χ4n) is 1.66. The standard InChI is InChI=1S/C12H21N3/c1-4-8-15(9-5-2)11-6-7-14-12(10-11)13-3/h6-7,10H,4-5,8-9H2,1-3H3,(H,13,14). The lowest BCUT2D eigenvalue weighted by atomic mass is 10.3. The van der Waals surface area contributed by atoms with E-state index in [1.807, 2.05) is 13.2 Å². The van der Waals surface area contributed by atoms with E-state index in [1.54, 1.807) is 0 Å². The zero-order valence-electron chi connectivity index (χ0n) is 9.95. The van der Waals surface area contributed by atoms with Gasteiger partial charge >= 0.3 is 0 Å². The van der Waals surface area contributed by atoms with Crippen LogP contribution >= 0.6 is 0 Å². The second kappa shape index (κ2) is 6.27. The fourth-order valence-corrected chi connectivity index (χ4v) is 1.66. The van der Waals surface area contributed by atoms with Crippen molar-refractivity contribution in [3.05, 3.63) is 18.3 Å². The maximum atomic E-state index is 4.22. The van der Waals surface area contributed by atoms with Crippen LogP contribution < -0.4 is 10.2 Å². The Hall–Kier alpha value is -1.25. The smallest absolute Gasteiger partial charge is 0.127 e. The minimum absolute atomic E-state index is 0.935. The average Bonchev–Trinajstić information content (AvgIpc) is 2.29. The minimum Gasteiger partial charge on any atom is -0.373 e. The van der Waals surface area contributed by atoms with E-state index < -0.39 is 0 Å². The number of nitrogens with zero attached hydrogens (tertiary/aromatic N) is 2. The molecule has 0 fully saturated rings. The number of hydrogen-bond acceptors (Lipinski definition) is 3. The first kappa shape index (κ1) is 11.8. The van der Waals surface area contributed by atoms with E-state index in [0.717, 1.165) is 18.9 Å².